The molecule has 4 aromatic heterocycles. The molecule has 2 bridgehead atoms. The molecule has 0 unspecified atom stereocenters. The number of ether oxygens (including phenoxy) is 1. The number of amides is 1. The normalized spacial score (nSPS) is 25.7. The van der Waals surface area contributed by atoms with E-state index in [1.807, 2.05) is 29.2 Å². The fourth-order valence-electron chi connectivity index (χ4n) is 5.93. The van der Waals surface area contributed by atoms with E-state index in [0.29, 0.717) is 29.7 Å². The molecule has 1 aliphatic carbocycles. The summed E-state index contributed by atoms with van der Waals surface area (Å²) in [5.74, 6) is 0.353. The van der Waals surface area contributed by atoms with Crippen molar-refractivity contribution in [2.24, 2.45) is 11.7 Å². The Balaban J connectivity index is 1.25. The molecule has 11 heteroatoms. The minimum atomic E-state index is -0.597. The Morgan fingerprint density at radius 2 is 2.03 bits per heavy atom. The third-order valence-electron chi connectivity index (χ3n) is 7.87. The zero-order valence-corrected chi connectivity index (χ0v) is 19.7. The maximum atomic E-state index is 12.6. The van der Waals surface area contributed by atoms with Crippen molar-refractivity contribution < 1.29 is 14.3 Å². The first-order chi connectivity index (χ1) is 17.6. The first-order valence-corrected chi connectivity index (χ1v) is 12.5. The Morgan fingerprint density at radius 3 is 2.75 bits per heavy atom. The molecule has 1 saturated carbocycles. The topological polar surface area (TPSA) is 134 Å². The summed E-state index contributed by atoms with van der Waals surface area (Å²) >= 11 is 0. The van der Waals surface area contributed by atoms with Crippen molar-refractivity contribution >= 4 is 34.6 Å². The van der Waals surface area contributed by atoms with E-state index in [-0.39, 0.29) is 23.6 Å². The number of aldehydes is 1. The molecule has 3 fully saturated rings. The SMILES string of the molecule is NC(=O)c1c(-c2cc3cn(C4CCC(C=O)CC4)nc3cn2)nn2ccc(N3C[C@H]4C[C@@H]3CO4)nc12. The van der Waals surface area contributed by atoms with Gasteiger partial charge < -0.3 is 20.2 Å². The van der Waals surface area contributed by atoms with Gasteiger partial charge >= 0.3 is 0 Å². The van der Waals surface area contributed by atoms with Gasteiger partial charge in [0.15, 0.2) is 5.65 Å². The summed E-state index contributed by atoms with van der Waals surface area (Å²) < 4.78 is 9.28. The molecule has 0 radical (unpaired) electrons. The fraction of sp³-hybridized carbons (Fsp3) is 0.440. The molecule has 4 aromatic rings. The summed E-state index contributed by atoms with van der Waals surface area (Å²) in [6.45, 7) is 1.49. The average Bonchev–Trinajstić information content (AvgIpc) is 3.69. The van der Waals surface area contributed by atoms with Gasteiger partial charge in [-0.25, -0.2) is 9.50 Å². The van der Waals surface area contributed by atoms with Crippen LogP contribution in [0.25, 0.3) is 27.9 Å². The summed E-state index contributed by atoms with van der Waals surface area (Å²) in [7, 11) is 0. The van der Waals surface area contributed by atoms with E-state index in [0.717, 1.165) is 61.7 Å². The number of aromatic nitrogens is 6. The Morgan fingerprint density at radius 1 is 1.17 bits per heavy atom. The molecule has 7 rings (SSSR count). The number of anilines is 1. The third kappa shape index (κ3) is 3.37. The van der Waals surface area contributed by atoms with E-state index in [9.17, 15) is 9.59 Å². The summed E-state index contributed by atoms with van der Waals surface area (Å²) in [4.78, 5) is 35.3. The van der Waals surface area contributed by atoms with Crippen LogP contribution in [-0.2, 0) is 9.53 Å². The molecule has 2 atom stereocenters. The van der Waals surface area contributed by atoms with Gasteiger partial charge in [-0.1, -0.05) is 0 Å². The van der Waals surface area contributed by atoms with Crippen molar-refractivity contribution in [2.75, 3.05) is 18.1 Å². The van der Waals surface area contributed by atoms with Gasteiger partial charge in [-0.05, 0) is 44.2 Å². The van der Waals surface area contributed by atoms with E-state index in [1.165, 1.54) is 0 Å². The monoisotopic (exact) mass is 486 g/mol. The Hall–Kier alpha value is -3.86. The zero-order valence-electron chi connectivity index (χ0n) is 19.7. The summed E-state index contributed by atoms with van der Waals surface area (Å²) in [5.41, 5.74) is 8.22. The minimum absolute atomic E-state index is 0.157. The summed E-state index contributed by atoms with van der Waals surface area (Å²) in [5, 5.41) is 10.3. The van der Waals surface area contributed by atoms with Crippen molar-refractivity contribution in [1.82, 2.24) is 29.4 Å². The number of primary amides is 1. The van der Waals surface area contributed by atoms with Crippen molar-refractivity contribution in [1.29, 1.82) is 0 Å². The highest BCUT2D eigenvalue weighted by atomic mass is 16.5. The summed E-state index contributed by atoms with van der Waals surface area (Å²) in [6, 6.07) is 4.37. The Bertz CT molecular complexity index is 1500. The van der Waals surface area contributed by atoms with Gasteiger partial charge in [0, 0.05) is 30.2 Å². The number of carbonyl (C=O) groups excluding carboxylic acids is 2. The van der Waals surface area contributed by atoms with E-state index in [4.69, 9.17) is 20.6 Å². The van der Waals surface area contributed by atoms with Gasteiger partial charge in [-0.15, -0.1) is 0 Å². The van der Waals surface area contributed by atoms with Gasteiger partial charge in [0.2, 0.25) is 0 Å². The number of pyridine rings is 1. The number of nitrogens with zero attached hydrogens (tertiary/aromatic N) is 7. The van der Waals surface area contributed by atoms with Crippen LogP contribution in [0, 0.1) is 5.92 Å². The minimum Gasteiger partial charge on any atom is -0.374 e. The molecule has 36 heavy (non-hydrogen) atoms. The van der Waals surface area contributed by atoms with Gasteiger partial charge in [0.1, 0.15) is 28.9 Å². The fourth-order valence-corrected chi connectivity index (χ4v) is 5.93. The van der Waals surface area contributed by atoms with Crippen LogP contribution in [0.2, 0.25) is 0 Å². The maximum Gasteiger partial charge on any atom is 0.254 e. The van der Waals surface area contributed by atoms with E-state index >= 15 is 0 Å². The molecule has 0 spiro atoms. The predicted octanol–water partition coefficient (Wildman–Crippen LogP) is 2.15. The molecule has 0 aromatic carbocycles. The number of hydrogen-bond acceptors (Lipinski definition) is 8. The predicted molar refractivity (Wildman–Crippen MR) is 131 cm³/mol. The van der Waals surface area contributed by atoms with E-state index in [2.05, 4.69) is 15.0 Å². The zero-order chi connectivity index (χ0) is 24.4. The average molecular weight is 487 g/mol. The van der Waals surface area contributed by atoms with Crippen molar-refractivity contribution in [3.05, 3.63) is 36.3 Å². The molecule has 2 N–H and O–H groups in total. The maximum absolute atomic E-state index is 12.6. The number of hydrogen-bond donors (Lipinski definition) is 1. The highest BCUT2D eigenvalue weighted by molar-refractivity contribution is 6.04. The second kappa shape index (κ2) is 8.09. The van der Waals surface area contributed by atoms with Crippen LogP contribution in [0.15, 0.2) is 30.7 Å². The second-order valence-corrected chi connectivity index (χ2v) is 10.1. The highest BCUT2D eigenvalue weighted by Gasteiger charge is 2.40. The molecule has 2 saturated heterocycles. The van der Waals surface area contributed by atoms with Crippen LogP contribution in [-0.4, -0.2) is 66.9 Å². The summed E-state index contributed by atoms with van der Waals surface area (Å²) in [6.07, 6.45) is 11.4. The van der Waals surface area contributed by atoms with Gasteiger partial charge in [-0.3, -0.25) is 14.5 Å². The van der Waals surface area contributed by atoms with E-state index in [1.54, 1.807) is 10.7 Å². The lowest BCUT2D eigenvalue weighted by atomic mass is 9.87. The van der Waals surface area contributed by atoms with Gasteiger partial charge in [-0.2, -0.15) is 10.2 Å². The van der Waals surface area contributed by atoms with Crippen LogP contribution in [0.1, 0.15) is 48.5 Å². The first-order valence-electron chi connectivity index (χ1n) is 12.5. The molecule has 184 valence electrons. The second-order valence-electron chi connectivity index (χ2n) is 10.1. The lowest BCUT2D eigenvalue weighted by Gasteiger charge is -2.27. The van der Waals surface area contributed by atoms with E-state index < -0.39 is 5.91 Å². The lowest BCUT2D eigenvalue weighted by molar-refractivity contribution is -0.112. The largest absolute Gasteiger partial charge is 0.374 e. The molecular weight excluding hydrogens is 460 g/mol. The number of fused-ring (bicyclic) bond motifs is 4. The number of morpholine rings is 1. The Kier molecular flexibility index (Phi) is 4.81. The molecule has 3 aliphatic rings. The van der Waals surface area contributed by atoms with Crippen LogP contribution >= 0.6 is 0 Å². The molecule has 2 aliphatic heterocycles. The standard InChI is InChI=1S/C25H26N8O3/c26-24(35)22-23(30-32-6-5-21(28-25(22)32)31-11-18-8-17(31)13-36-18)19-7-15-10-33(29-20(15)9-27-19)16-3-1-14(12-34)2-4-16/h5-7,9-10,12,14,16-18H,1-4,8,11,13H2,(H2,26,35)/t14?,16?,17-,18-/m1/s1. The highest BCUT2D eigenvalue weighted by Crippen LogP contribution is 2.34. The van der Waals surface area contributed by atoms with Crippen LogP contribution in [0.4, 0.5) is 5.82 Å². The Labute approximate surface area is 206 Å². The quantitative estimate of drug-likeness (QED) is 0.424. The van der Waals surface area contributed by atoms with Crippen LogP contribution in [0.5, 0.6) is 0 Å². The number of carbonyl (C=O) groups is 2. The van der Waals surface area contributed by atoms with Crippen LogP contribution in [0.3, 0.4) is 0 Å². The third-order valence-corrected chi connectivity index (χ3v) is 7.87. The number of nitrogens with two attached hydrogens (primary N) is 1. The molecule has 1 amide bonds. The van der Waals surface area contributed by atoms with Crippen molar-refractivity contribution in [3.63, 3.8) is 0 Å². The smallest absolute Gasteiger partial charge is 0.254 e. The lowest BCUT2D eigenvalue weighted by Crippen LogP contribution is -2.37. The van der Waals surface area contributed by atoms with Gasteiger partial charge in [0.25, 0.3) is 5.91 Å². The van der Waals surface area contributed by atoms with Gasteiger partial charge in [0.05, 0.1) is 36.7 Å². The molecule has 6 heterocycles. The van der Waals surface area contributed by atoms with Crippen molar-refractivity contribution in [3.8, 4) is 11.4 Å². The number of rotatable bonds is 5. The van der Waals surface area contributed by atoms with Crippen molar-refractivity contribution in [2.45, 2.75) is 50.3 Å². The first kappa shape index (κ1) is 21.4. The molecule has 11 nitrogen and oxygen atoms in total. The molecular formula is C25H26N8O3. The van der Waals surface area contributed by atoms with Crippen LogP contribution < -0.4 is 10.6 Å².